The lowest BCUT2D eigenvalue weighted by atomic mass is 10.2. The van der Waals surface area contributed by atoms with Gasteiger partial charge >= 0.3 is 12.1 Å². The van der Waals surface area contributed by atoms with Gasteiger partial charge in [0.25, 0.3) is 5.91 Å². The van der Waals surface area contributed by atoms with Crippen LogP contribution in [0.2, 0.25) is 5.02 Å². The fraction of sp³-hybridized carbons (Fsp3) is 0.286. The van der Waals surface area contributed by atoms with Gasteiger partial charge in [0.2, 0.25) is 0 Å². The van der Waals surface area contributed by atoms with E-state index < -0.39 is 36.0 Å². The molecule has 1 aromatic carbocycles. The Balaban J connectivity index is 1.48. The zero-order valence-electron chi connectivity index (χ0n) is 16.6. The van der Waals surface area contributed by atoms with Crippen LogP contribution >= 0.6 is 11.6 Å². The smallest absolute Gasteiger partial charge is 0.417 e. The molecule has 11 heteroatoms. The molecule has 0 saturated carbocycles. The molecule has 0 spiro atoms. The lowest BCUT2D eigenvalue weighted by molar-refractivity contribution is -0.148. The Morgan fingerprint density at radius 2 is 1.88 bits per heavy atom. The minimum Gasteiger partial charge on any atom is -0.452 e. The number of amides is 1. The fourth-order valence-electron chi connectivity index (χ4n) is 3.03. The van der Waals surface area contributed by atoms with Crippen LogP contribution in [-0.4, -0.2) is 54.5 Å². The molecule has 32 heavy (non-hydrogen) atoms. The molecule has 1 aliphatic heterocycles. The maximum atomic E-state index is 13.1. The van der Waals surface area contributed by atoms with Crippen LogP contribution in [0.25, 0.3) is 6.08 Å². The normalized spacial score (nSPS) is 14.7. The monoisotopic (exact) mass is 471 g/mol. The predicted molar refractivity (Wildman–Crippen MR) is 109 cm³/mol. The van der Waals surface area contributed by atoms with Crippen molar-refractivity contribution in [3.8, 4) is 0 Å². The van der Waals surface area contributed by atoms with Crippen LogP contribution < -0.4 is 4.90 Å². The maximum Gasteiger partial charge on any atom is 0.417 e. The summed E-state index contributed by atoms with van der Waals surface area (Å²) < 4.78 is 56.3. The molecule has 0 atom stereocenters. The summed E-state index contributed by atoms with van der Waals surface area (Å²) in [7, 11) is 0. The molecule has 1 aliphatic rings. The Hall–Kier alpha value is -3.14. The predicted octanol–water partition coefficient (Wildman–Crippen LogP) is 3.80. The van der Waals surface area contributed by atoms with Crippen molar-refractivity contribution in [2.45, 2.75) is 6.18 Å². The van der Waals surface area contributed by atoms with Crippen molar-refractivity contribution in [1.29, 1.82) is 0 Å². The van der Waals surface area contributed by atoms with Gasteiger partial charge in [0.1, 0.15) is 11.6 Å². The third-order valence-electron chi connectivity index (χ3n) is 4.68. The van der Waals surface area contributed by atoms with Crippen molar-refractivity contribution in [3.05, 3.63) is 64.6 Å². The topological polar surface area (TPSA) is 62.7 Å². The average molecular weight is 472 g/mol. The van der Waals surface area contributed by atoms with Gasteiger partial charge in [0.15, 0.2) is 6.61 Å². The van der Waals surface area contributed by atoms with Gasteiger partial charge in [-0.05, 0) is 29.8 Å². The van der Waals surface area contributed by atoms with Gasteiger partial charge in [-0.25, -0.2) is 14.2 Å². The molecular weight excluding hydrogens is 454 g/mol. The Labute approximate surface area is 186 Å². The van der Waals surface area contributed by atoms with E-state index in [2.05, 4.69) is 4.98 Å². The van der Waals surface area contributed by atoms with E-state index >= 15 is 0 Å². The van der Waals surface area contributed by atoms with Gasteiger partial charge in [-0.15, -0.1) is 0 Å². The highest BCUT2D eigenvalue weighted by molar-refractivity contribution is 6.33. The van der Waals surface area contributed by atoms with Crippen LogP contribution in [0, 0.1) is 5.82 Å². The molecule has 2 heterocycles. The molecule has 1 aromatic heterocycles. The summed E-state index contributed by atoms with van der Waals surface area (Å²) in [5.41, 5.74) is -0.465. The molecule has 0 bridgehead atoms. The minimum atomic E-state index is -4.54. The SMILES string of the molecule is O=C(/C=C/c1cccc(F)c1)OCC(=O)N1CCN(c2ncc(C(F)(F)F)cc2Cl)CC1. The zero-order chi connectivity index (χ0) is 23.3. The number of benzene rings is 1. The number of aromatic nitrogens is 1. The largest absolute Gasteiger partial charge is 0.452 e. The minimum absolute atomic E-state index is 0.126. The quantitative estimate of drug-likeness (QED) is 0.377. The number of hydrogen-bond acceptors (Lipinski definition) is 5. The number of pyridine rings is 1. The Kier molecular flexibility index (Phi) is 7.34. The molecule has 2 aromatic rings. The van der Waals surface area contributed by atoms with E-state index in [1.54, 1.807) is 11.0 Å². The molecule has 3 rings (SSSR count). The first-order valence-electron chi connectivity index (χ1n) is 9.49. The van der Waals surface area contributed by atoms with Crippen LogP contribution in [0.3, 0.4) is 0 Å². The number of alkyl halides is 3. The second-order valence-electron chi connectivity index (χ2n) is 6.89. The summed E-state index contributed by atoms with van der Waals surface area (Å²) in [5, 5.41) is -0.126. The first-order valence-corrected chi connectivity index (χ1v) is 9.87. The average Bonchev–Trinajstić information content (AvgIpc) is 2.75. The van der Waals surface area contributed by atoms with Gasteiger partial charge in [-0.1, -0.05) is 23.7 Å². The Morgan fingerprint density at radius 3 is 2.50 bits per heavy atom. The number of piperazine rings is 1. The first-order chi connectivity index (χ1) is 15.1. The summed E-state index contributed by atoms with van der Waals surface area (Å²) in [5.74, 6) is -1.39. The number of rotatable bonds is 5. The van der Waals surface area contributed by atoms with E-state index in [0.717, 1.165) is 18.3 Å². The lowest BCUT2D eigenvalue weighted by Gasteiger charge is -2.35. The molecule has 6 nitrogen and oxygen atoms in total. The number of esters is 1. The Bertz CT molecular complexity index is 1020. The highest BCUT2D eigenvalue weighted by Crippen LogP contribution is 2.33. The van der Waals surface area contributed by atoms with E-state index in [0.29, 0.717) is 18.7 Å². The fourth-order valence-corrected chi connectivity index (χ4v) is 3.32. The van der Waals surface area contributed by atoms with Crippen molar-refractivity contribution in [3.63, 3.8) is 0 Å². The third kappa shape index (κ3) is 6.19. The maximum absolute atomic E-state index is 13.1. The van der Waals surface area contributed by atoms with E-state index in [9.17, 15) is 27.2 Å². The molecular formula is C21H18ClF4N3O3. The molecule has 0 radical (unpaired) electrons. The summed E-state index contributed by atoms with van der Waals surface area (Å²) in [6, 6.07) is 6.44. The van der Waals surface area contributed by atoms with Gasteiger partial charge in [-0.2, -0.15) is 13.2 Å². The van der Waals surface area contributed by atoms with Gasteiger partial charge < -0.3 is 14.5 Å². The summed E-state index contributed by atoms with van der Waals surface area (Å²) in [6.07, 6.45) is -1.35. The van der Waals surface area contributed by atoms with Crippen molar-refractivity contribution in [1.82, 2.24) is 9.88 Å². The second kappa shape index (κ2) is 9.99. The number of anilines is 1. The van der Waals surface area contributed by atoms with Gasteiger partial charge in [-0.3, -0.25) is 4.79 Å². The Morgan fingerprint density at radius 1 is 1.16 bits per heavy atom. The molecule has 1 fully saturated rings. The van der Waals surface area contributed by atoms with Crippen molar-refractivity contribution in [2.24, 2.45) is 0 Å². The summed E-state index contributed by atoms with van der Waals surface area (Å²) in [6.45, 7) is 0.656. The van der Waals surface area contributed by atoms with Crippen LogP contribution in [0.5, 0.6) is 0 Å². The van der Waals surface area contributed by atoms with Gasteiger partial charge in [0, 0.05) is 38.5 Å². The van der Waals surface area contributed by atoms with Crippen molar-refractivity contribution >= 4 is 35.4 Å². The molecule has 0 aliphatic carbocycles. The number of ether oxygens (including phenoxy) is 1. The third-order valence-corrected chi connectivity index (χ3v) is 4.96. The number of halogens is 5. The van der Waals surface area contributed by atoms with E-state index in [1.165, 1.54) is 29.2 Å². The van der Waals surface area contributed by atoms with E-state index in [-0.39, 0.29) is 23.9 Å². The van der Waals surface area contributed by atoms with E-state index in [4.69, 9.17) is 16.3 Å². The molecule has 1 amide bonds. The van der Waals surface area contributed by atoms with Crippen LogP contribution in [0.1, 0.15) is 11.1 Å². The van der Waals surface area contributed by atoms with Crippen LogP contribution in [0.4, 0.5) is 23.4 Å². The summed E-state index contributed by atoms with van der Waals surface area (Å²) in [4.78, 5) is 31.0. The van der Waals surface area contributed by atoms with E-state index in [1.807, 2.05) is 0 Å². The molecule has 170 valence electrons. The zero-order valence-corrected chi connectivity index (χ0v) is 17.4. The number of hydrogen-bond donors (Lipinski definition) is 0. The van der Waals surface area contributed by atoms with Crippen LogP contribution in [-0.2, 0) is 20.5 Å². The number of carbonyl (C=O) groups excluding carboxylic acids is 2. The van der Waals surface area contributed by atoms with Crippen molar-refractivity contribution in [2.75, 3.05) is 37.7 Å². The highest BCUT2D eigenvalue weighted by Gasteiger charge is 2.32. The highest BCUT2D eigenvalue weighted by atomic mass is 35.5. The van der Waals surface area contributed by atoms with Gasteiger partial charge in [0.05, 0.1) is 10.6 Å². The molecule has 1 saturated heterocycles. The molecule has 0 N–H and O–H groups in total. The van der Waals surface area contributed by atoms with Crippen LogP contribution in [0.15, 0.2) is 42.6 Å². The molecule has 0 unspecified atom stereocenters. The second-order valence-corrected chi connectivity index (χ2v) is 7.30. The summed E-state index contributed by atoms with van der Waals surface area (Å²) >= 11 is 5.97. The number of nitrogens with zero attached hydrogens (tertiary/aromatic N) is 3. The van der Waals surface area contributed by atoms with Crippen molar-refractivity contribution < 1.29 is 31.9 Å². The first kappa shape index (κ1) is 23.5. The number of carbonyl (C=O) groups is 2. The lowest BCUT2D eigenvalue weighted by Crippen LogP contribution is -2.50. The standard InChI is InChI=1S/C21H18ClF4N3O3/c22-17-11-15(21(24,25)26)12-27-20(17)29-8-6-28(7-9-29)18(30)13-32-19(31)5-4-14-2-1-3-16(23)10-14/h1-5,10-12H,6-9,13H2/b5-4+.